The van der Waals surface area contributed by atoms with Crippen molar-refractivity contribution in [2.24, 2.45) is 5.73 Å². The van der Waals surface area contributed by atoms with Gasteiger partial charge in [-0.05, 0) is 29.7 Å². The maximum absolute atomic E-state index is 12.0. The highest BCUT2D eigenvalue weighted by Crippen LogP contribution is 2.16. The first kappa shape index (κ1) is 13.9. The highest BCUT2D eigenvalue weighted by Gasteiger charge is 2.25. The van der Waals surface area contributed by atoms with Gasteiger partial charge in [0.1, 0.15) is 12.9 Å². The predicted octanol–water partition coefficient (Wildman–Crippen LogP) is -0.565. The molecule has 96 valence electrons. The molecule has 7 nitrogen and oxygen atoms in total. The van der Waals surface area contributed by atoms with Gasteiger partial charge in [0.25, 0.3) is 0 Å². The van der Waals surface area contributed by atoms with Crippen molar-refractivity contribution in [2.75, 3.05) is 13.1 Å². The van der Waals surface area contributed by atoms with Crippen LogP contribution in [0.3, 0.4) is 0 Å². The zero-order chi connectivity index (χ0) is 11.4. The maximum atomic E-state index is 12.0. The van der Waals surface area contributed by atoms with Crippen LogP contribution in [0.4, 0.5) is 0 Å². The van der Waals surface area contributed by atoms with E-state index in [0.717, 1.165) is 25.8 Å². The van der Waals surface area contributed by atoms with E-state index in [4.69, 9.17) is 5.73 Å². The van der Waals surface area contributed by atoms with Crippen molar-refractivity contribution >= 4 is 18.3 Å². The lowest BCUT2D eigenvalue weighted by Crippen LogP contribution is -2.48. The Morgan fingerprint density at radius 2 is 2.29 bits per heavy atom. The number of amides is 1. The Balaban J connectivity index is 0.00000144. The smallest absolute Gasteiger partial charge is 0.244 e. The van der Waals surface area contributed by atoms with Crippen molar-refractivity contribution in [3.8, 4) is 0 Å². The van der Waals surface area contributed by atoms with Crippen molar-refractivity contribution in [3.05, 3.63) is 6.33 Å². The molecular formula is C9H17ClN6O. The minimum atomic E-state index is 0. The van der Waals surface area contributed by atoms with Gasteiger partial charge in [0, 0.05) is 19.1 Å². The van der Waals surface area contributed by atoms with Crippen LogP contribution in [0.2, 0.25) is 0 Å². The molecule has 2 rings (SSSR count). The number of hydrogen-bond acceptors (Lipinski definition) is 5. The van der Waals surface area contributed by atoms with E-state index in [9.17, 15) is 4.79 Å². The standard InChI is InChI=1S/C9H16N6O.ClH/c10-5-8-3-1-2-4-15(8)9(16)6-14-7-11-12-13-14;/h7-8H,1-6,10H2;1H. The highest BCUT2D eigenvalue weighted by molar-refractivity contribution is 5.85. The summed E-state index contributed by atoms with van der Waals surface area (Å²) in [7, 11) is 0. The van der Waals surface area contributed by atoms with Crippen LogP contribution < -0.4 is 5.73 Å². The number of nitrogens with zero attached hydrogens (tertiary/aromatic N) is 5. The minimum absolute atomic E-state index is 0. The molecule has 0 aliphatic carbocycles. The molecule has 2 N–H and O–H groups in total. The molecule has 1 aromatic heterocycles. The molecule has 1 aromatic rings. The second kappa shape index (κ2) is 6.51. The molecule has 1 amide bonds. The first-order valence-corrected chi connectivity index (χ1v) is 5.51. The molecule has 0 saturated carbocycles. The van der Waals surface area contributed by atoms with Gasteiger partial charge in [0.05, 0.1) is 0 Å². The number of aromatic nitrogens is 4. The number of hydrogen-bond donors (Lipinski definition) is 1. The molecule has 0 spiro atoms. The van der Waals surface area contributed by atoms with E-state index in [-0.39, 0.29) is 30.9 Å². The third-order valence-electron chi connectivity index (χ3n) is 2.91. The van der Waals surface area contributed by atoms with Crippen molar-refractivity contribution in [1.82, 2.24) is 25.1 Å². The Labute approximate surface area is 106 Å². The molecule has 1 aliphatic rings. The second-order valence-corrected chi connectivity index (χ2v) is 3.98. The van der Waals surface area contributed by atoms with Crippen LogP contribution >= 0.6 is 12.4 Å². The summed E-state index contributed by atoms with van der Waals surface area (Å²) in [5.74, 6) is 0.0439. The normalized spacial score (nSPS) is 19.8. The first-order valence-electron chi connectivity index (χ1n) is 5.51. The summed E-state index contributed by atoms with van der Waals surface area (Å²) in [6.07, 6.45) is 4.64. The largest absolute Gasteiger partial charge is 0.337 e. The second-order valence-electron chi connectivity index (χ2n) is 3.98. The molecule has 0 radical (unpaired) electrons. The SMILES string of the molecule is Cl.NCC1CCCCN1C(=O)Cn1cnnn1. The van der Waals surface area contributed by atoms with Crippen molar-refractivity contribution in [2.45, 2.75) is 31.8 Å². The summed E-state index contributed by atoms with van der Waals surface area (Å²) in [4.78, 5) is 13.8. The average molecular weight is 261 g/mol. The zero-order valence-electron chi connectivity index (χ0n) is 9.53. The predicted molar refractivity (Wildman–Crippen MR) is 63.5 cm³/mol. The molecule has 1 unspecified atom stereocenters. The van der Waals surface area contributed by atoms with Crippen LogP contribution in [0.15, 0.2) is 6.33 Å². The number of carbonyl (C=O) groups is 1. The van der Waals surface area contributed by atoms with Crippen LogP contribution in [0.25, 0.3) is 0 Å². The topological polar surface area (TPSA) is 89.9 Å². The number of rotatable bonds is 3. The molecule has 0 aromatic carbocycles. The first-order chi connectivity index (χ1) is 7.81. The molecule has 0 bridgehead atoms. The van der Waals surface area contributed by atoms with Gasteiger partial charge in [0.15, 0.2) is 0 Å². The van der Waals surface area contributed by atoms with Gasteiger partial charge in [0.2, 0.25) is 5.91 Å². The summed E-state index contributed by atoms with van der Waals surface area (Å²) in [5.41, 5.74) is 5.66. The monoisotopic (exact) mass is 260 g/mol. The fraction of sp³-hybridized carbons (Fsp3) is 0.778. The Bertz CT molecular complexity index is 343. The number of tetrazole rings is 1. The molecule has 1 fully saturated rings. The van der Waals surface area contributed by atoms with Crippen molar-refractivity contribution in [1.29, 1.82) is 0 Å². The lowest BCUT2D eigenvalue weighted by molar-refractivity contribution is -0.135. The maximum Gasteiger partial charge on any atom is 0.244 e. The van der Waals surface area contributed by atoms with E-state index >= 15 is 0 Å². The van der Waals surface area contributed by atoms with Gasteiger partial charge in [-0.2, -0.15) is 0 Å². The Hall–Kier alpha value is -1.21. The third-order valence-corrected chi connectivity index (χ3v) is 2.91. The molecular weight excluding hydrogens is 244 g/mol. The van der Waals surface area contributed by atoms with Gasteiger partial charge < -0.3 is 10.6 Å². The van der Waals surface area contributed by atoms with Gasteiger partial charge in [-0.25, -0.2) is 4.68 Å². The molecule has 1 saturated heterocycles. The molecule has 1 atom stereocenters. The number of likely N-dealkylation sites (tertiary alicyclic amines) is 1. The van der Waals surface area contributed by atoms with E-state index in [1.165, 1.54) is 11.0 Å². The summed E-state index contributed by atoms with van der Waals surface area (Å²) in [5, 5.41) is 10.7. The van der Waals surface area contributed by atoms with Crippen molar-refractivity contribution in [3.63, 3.8) is 0 Å². The minimum Gasteiger partial charge on any atom is -0.337 e. The molecule has 17 heavy (non-hydrogen) atoms. The Morgan fingerprint density at radius 3 is 2.94 bits per heavy atom. The average Bonchev–Trinajstić information content (AvgIpc) is 2.81. The van der Waals surface area contributed by atoms with E-state index in [1.54, 1.807) is 0 Å². The summed E-state index contributed by atoms with van der Waals surface area (Å²) < 4.78 is 1.44. The van der Waals surface area contributed by atoms with Crippen LogP contribution in [0.5, 0.6) is 0 Å². The van der Waals surface area contributed by atoms with Gasteiger partial charge in [-0.3, -0.25) is 4.79 Å². The van der Waals surface area contributed by atoms with Crippen LogP contribution in [-0.4, -0.2) is 50.1 Å². The van der Waals surface area contributed by atoms with Gasteiger partial charge >= 0.3 is 0 Å². The Kier molecular flexibility index (Phi) is 5.30. The lowest BCUT2D eigenvalue weighted by Gasteiger charge is -2.34. The highest BCUT2D eigenvalue weighted by atomic mass is 35.5. The van der Waals surface area contributed by atoms with Crippen LogP contribution in [0.1, 0.15) is 19.3 Å². The summed E-state index contributed by atoms with van der Waals surface area (Å²) in [6.45, 7) is 1.52. The fourth-order valence-corrected chi connectivity index (χ4v) is 2.06. The molecule has 8 heteroatoms. The quantitative estimate of drug-likeness (QED) is 0.786. The summed E-state index contributed by atoms with van der Waals surface area (Å²) in [6, 6.07) is 0.178. The number of halogens is 1. The van der Waals surface area contributed by atoms with Gasteiger partial charge in [-0.1, -0.05) is 0 Å². The Morgan fingerprint density at radius 1 is 1.47 bits per heavy atom. The molecule has 1 aliphatic heterocycles. The lowest BCUT2D eigenvalue weighted by atomic mass is 10.0. The number of nitrogens with two attached hydrogens (primary N) is 1. The summed E-state index contributed by atoms with van der Waals surface area (Å²) >= 11 is 0. The third kappa shape index (κ3) is 3.37. The van der Waals surface area contributed by atoms with Gasteiger partial charge in [-0.15, -0.1) is 17.5 Å². The fourth-order valence-electron chi connectivity index (χ4n) is 2.06. The van der Waals surface area contributed by atoms with E-state index in [0.29, 0.717) is 6.54 Å². The van der Waals surface area contributed by atoms with E-state index in [2.05, 4.69) is 15.5 Å². The van der Waals surface area contributed by atoms with Crippen LogP contribution in [-0.2, 0) is 11.3 Å². The van der Waals surface area contributed by atoms with E-state index < -0.39 is 0 Å². The zero-order valence-corrected chi connectivity index (χ0v) is 10.3. The van der Waals surface area contributed by atoms with Crippen molar-refractivity contribution < 1.29 is 4.79 Å². The molecule has 2 heterocycles. The number of piperidine rings is 1. The van der Waals surface area contributed by atoms with E-state index in [1.807, 2.05) is 4.90 Å². The number of carbonyl (C=O) groups excluding carboxylic acids is 1. The van der Waals surface area contributed by atoms with Crippen LogP contribution in [0, 0.1) is 0 Å².